The van der Waals surface area contributed by atoms with Crippen molar-refractivity contribution >= 4 is 17.2 Å². The standard InChI is InChI=1S/C15H15F2NO/c16-10-6-12(17)14-11(8-19)15(18-13(14)7-10)9-4-2-1-3-5-9/h6-9,18H,1-5H2. The molecule has 0 saturated heterocycles. The minimum Gasteiger partial charge on any atom is -0.357 e. The van der Waals surface area contributed by atoms with Crippen LogP contribution in [-0.4, -0.2) is 11.3 Å². The smallest absolute Gasteiger partial charge is 0.152 e. The topological polar surface area (TPSA) is 32.9 Å². The Morgan fingerprint density at radius 2 is 1.89 bits per heavy atom. The number of aldehydes is 1. The van der Waals surface area contributed by atoms with Gasteiger partial charge >= 0.3 is 0 Å². The van der Waals surface area contributed by atoms with Gasteiger partial charge in [-0.15, -0.1) is 0 Å². The fourth-order valence-corrected chi connectivity index (χ4v) is 3.13. The zero-order valence-corrected chi connectivity index (χ0v) is 10.5. The maximum absolute atomic E-state index is 13.9. The summed E-state index contributed by atoms with van der Waals surface area (Å²) >= 11 is 0. The summed E-state index contributed by atoms with van der Waals surface area (Å²) in [5.74, 6) is -1.04. The number of hydrogen-bond donors (Lipinski definition) is 1. The molecule has 3 rings (SSSR count). The molecule has 1 aliphatic rings. The monoisotopic (exact) mass is 263 g/mol. The van der Waals surface area contributed by atoms with E-state index in [0.717, 1.165) is 37.4 Å². The van der Waals surface area contributed by atoms with E-state index in [1.165, 1.54) is 12.5 Å². The minimum absolute atomic E-state index is 0.219. The molecule has 1 aliphatic carbocycles. The van der Waals surface area contributed by atoms with Crippen molar-refractivity contribution in [3.8, 4) is 0 Å². The van der Waals surface area contributed by atoms with Crippen LogP contribution in [0.2, 0.25) is 0 Å². The van der Waals surface area contributed by atoms with Gasteiger partial charge in [0.25, 0.3) is 0 Å². The number of carbonyl (C=O) groups is 1. The van der Waals surface area contributed by atoms with Crippen LogP contribution >= 0.6 is 0 Å². The second-order valence-corrected chi connectivity index (χ2v) is 5.22. The van der Waals surface area contributed by atoms with Crippen LogP contribution in [0.5, 0.6) is 0 Å². The van der Waals surface area contributed by atoms with Crippen LogP contribution in [0.1, 0.15) is 54.1 Å². The molecule has 1 aromatic heterocycles. The van der Waals surface area contributed by atoms with E-state index in [1.54, 1.807) is 0 Å². The number of nitrogens with one attached hydrogen (secondary N) is 1. The third kappa shape index (κ3) is 2.05. The van der Waals surface area contributed by atoms with E-state index in [1.807, 2.05) is 0 Å². The predicted octanol–water partition coefficient (Wildman–Crippen LogP) is 4.31. The highest BCUT2D eigenvalue weighted by Crippen LogP contribution is 2.37. The Morgan fingerprint density at radius 3 is 2.58 bits per heavy atom. The zero-order valence-electron chi connectivity index (χ0n) is 10.5. The molecule has 100 valence electrons. The van der Waals surface area contributed by atoms with Crippen LogP contribution in [0.15, 0.2) is 12.1 Å². The molecule has 4 heteroatoms. The molecule has 1 N–H and O–H groups in total. The maximum atomic E-state index is 13.9. The maximum Gasteiger partial charge on any atom is 0.152 e. The highest BCUT2D eigenvalue weighted by molar-refractivity contribution is 5.99. The normalized spacial score (nSPS) is 16.9. The molecular weight excluding hydrogens is 248 g/mol. The number of carbonyl (C=O) groups excluding carboxylic acids is 1. The molecule has 1 fully saturated rings. The second-order valence-electron chi connectivity index (χ2n) is 5.22. The number of fused-ring (bicyclic) bond motifs is 1. The average Bonchev–Trinajstić information content (AvgIpc) is 2.78. The fraction of sp³-hybridized carbons (Fsp3) is 0.400. The lowest BCUT2D eigenvalue weighted by atomic mass is 9.85. The Bertz CT molecular complexity index is 627. The molecular formula is C15H15F2NO. The van der Waals surface area contributed by atoms with Crippen molar-refractivity contribution in [1.82, 2.24) is 4.98 Å². The van der Waals surface area contributed by atoms with Gasteiger partial charge in [0.05, 0.1) is 5.52 Å². The van der Waals surface area contributed by atoms with Crippen LogP contribution in [0.4, 0.5) is 8.78 Å². The van der Waals surface area contributed by atoms with E-state index in [2.05, 4.69) is 4.98 Å². The fourth-order valence-electron chi connectivity index (χ4n) is 3.13. The molecule has 0 radical (unpaired) electrons. The first-order valence-electron chi connectivity index (χ1n) is 6.66. The SMILES string of the molecule is O=Cc1c(C2CCCCC2)[nH]c2cc(F)cc(F)c12. The third-order valence-corrected chi connectivity index (χ3v) is 4.02. The van der Waals surface area contributed by atoms with Crippen LogP contribution in [0, 0.1) is 11.6 Å². The first-order valence-corrected chi connectivity index (χ1v) is 6.66. The molecule has 1 aromatic carbocycles. The van der Waals surface area contributed by atoms with E-state index < -0.39 is 11.6 Å². The first kappa shape index (κ1) is 12.3. The van der Waals surface area contributed by atoms with Gasteiger partial charge in [-0.25, -0.2) is 8.78 Å². The van der Waals surface area contributed by atoms with Crippen molar-refractivity contribution in [2.75, 3.05) is 0 Å². The Hall–Kier alpha value is -1.71. The van der Waals surface area contributed by atoms with E-state index in [0.29, 0.717) is 17.4 Å². The molecule has 1 saturated carbocycles. The van der Waals surface area contributed by atoms with Gasteiger partial charge in [-0.2, -0.15) is 0 Å². The van der Waals surface area contributed by atoms with Gasteiger partial charge in [-0.1, -0.05) is 19.3 Å². The zero-order chi connectivity index (χ0) is 13.4. The van der Waals surface area contributed by atoms with Gasteiger partial charge in [0.1, 0.15) is 11.6 Å². The molecule has 1 heterocycles. The molecule has 0 spiro atoms. The third-order valence-electron chi connectivity index (χ3n) is 4.02. The van der Waals surface area contributed by atoms with Crippen molar-refractivity contribution in [3.05, 3.63) is 35.0 Å². The molecule has 0 bridgehead atoms. The quantitative estimate of drug-likeness (QED) is 0.805. The molecule has 19 heavy (non-hydrogen) atoms. The van der Waals surface area contributed by atoms with Gasteiger partial charge in [-0.05, 0) is 24.8 Å². The minimum atomic E-state index is -0.671. The van der Waals surface area contributed by atoms with Crippen molar-refractivity contribution in [1.29, 1.82) is 0 Å². The largest absolute Gasteiger partial charge is 0.357 e. The Balaban J connectivity index is 2.18. The van der Waals surface area contributed by atoms with Crippen molar-refractivity contribution in [2.24, 2.45) is 0 Å². The van der Waals surface area contributed by atoms with Crippen molar-refractivity contribution in [3.63, 3.8) is 0 Å². The Labute approximate surface area is 109 Å². The highest BCUT2D eigenvalue weighted by Gasteiger charge is 2.23. The molecule has 2 nitrogen and oxygen atoms in total. The van der Waals surface area contributed by atoms with E-state index in [9.17, 15) is 13.6 Å². The van der Waals surface area contributed by atoms with Gasteiger partial charge in [0, 0.05) is 22.7 Å². The summed E-state index contributed by atoms with van der Waals surface area (Å²) < 4.78 is 27.1. The average molecular weight is 263 g/mol. The van der Waals surface area contributed by atoms with Crippen LogP contribution in [0.3, 0.4) is 0 Å². The number of H-pyrrole nitrogens is 1. The van der Waals surface area contributed by atoms with E-state index >= 15 is 0 Å². The molecule has 0 atom stereocenters. The predicted molar refractivity (Wildman–Crippen MR) is 69.4 cm³/mol. The lowest BCUT2D eigenvalue weighted by molar-refractivity contribution is 0.112. The summed E-state index contributed by atoms with van der Waals surface area (Å²) in [6.07, 6.45) is 6.12. The van der Waals surface area contributed by atoms with Gasteiger partial charge in [0.15, 0.2) is 6.29 Å². The summed E-state index contributed by atoms with van der Waals surface area (Å²) in [5, 5.41) is 0.219. The molecule has 0 amide bonds. The second kappa shape index (κ2) is 4.76. The Kier molecular flexibility index (Phi) is 3.09. The number of rotatable bonds is 2. The van der Waals surface area contributed by atoms with Crippen LogP contribution in [0.25, 0.3) is 10.9 Å². The summed E-state index contributed by atoms with van der Waals surface area (Å²) in [5.41, 5.74) is 1.51. The summed E-state index contributed by atoms with van der Waals surface area (Å²) in [6, 6.07) is 2.07. The number of halogens is 2. The number of aromatic nitrogens is 1. The van der Waals surface area contributed by atoms with Crippen molar-refractivity contribution in [2.45, 2.75) is 38.0 Å². The highest BCUT2D eigenvalue weighted by atomic mass is 19.1. The number of aromatic amines is 1. The van der Waals surface area contributed by atoms with E-state index in [4.69, 9.17) is 0 Å². The lowest BCUT2D eigenvalue weighted by Crippen LogP contribution is -2.06. The summed E-state index contributed by atoms with van der Waals surface area (Å²) in [4.78, 5) is 14.4. The molecule has 0 aliphatic heterocycles. The van der Waals surface area contributed by atoms with Gasteiger partial charge in [-0.3, -0.25) is 4.79 Å². The molecule has 0 unspecified atom stereocenters. The molecule has 2 aromatic rings. The number of benzene rings is 1. The Morgan fingerprint density at radius 1 is 1.16 bits per heavy atom. The lowest BCUT2D eigenvalue weighted by Gasteiger charge is -2.21. The first-order chi connectivity index (χ1) is 9.20. The van der Waals surface area contributed by atoms with Crippen LogP contribution in [-0.2, 0) is 0 Å². The number of hydrogen-bond acceptors (Lipinski definition) is 1. The summed E-state index contributed by atoms with van der Waals surface area (Å²) in [6.45, 7) is 0. The van der Waals surface area contributed by atoms with Crippen molar-refractivity contribution < 1.29 is 13.6 Å². The summed E-state index contributed by atoms with van der Waals surface area (Å²) in [7, 11) is 0. The van der Waals surface area contributed by atoms with Gasteiger partial charge in [0.2, 0.25) is 0 Å². The van der Waals surface area contributed by atoms with E-state index in [-0.39, 0.29) is 11.3 Å². The van der Waals surface area contributed by atoms with Gasteiger partial charge < -0.3 is 4.98 Å². The van der Waals surface area contributed by atoms with Crippen LogP contribution < -0.4 is 0 Å².